The number of nitrogens with zero attached hydrogens (tertiary/aromatic N) is 2. The fraction of sp³-hybridized carbons (Fsp3) is 0.0769. The van der Waals surface area contributed by atoms with Crippen molar-refractivity contribution in [3.05, 3.63) is 81.7 Å². The summed E-state index contributed by atoms with van der Waals surface area (Å²) in [6.07, 6.45) is 0. The first kappa shape index (κ1) is 18.2. The number of benzene rings is 4. The standard InChI is InChI=1S/C26H18Br2N2/c1-29-21-10-8-17(28)13-20(21)25-23(29)14-18(15-6-4-3-5-7-15)24-19-12-16(27)9-11-22(19)30(2)26(24)25/h3-14H,1-2H3. The van der Waals surface area contributed by atoms with E-state index in [9.17, 15) is 0 Å². The van der Waals surface area contributed by atoms with Crippen LogP contribution in [0.1, 0.15) is 0 Å². The molecule has 0 fully saturated rings. The Labute approximate surface area is 191 Å². The molecule has 0 N–H and O–H groups in total. The first-order valence-corrected chi connectivity index (χ1v) is 11.5. The highest BCUT2D eigenvalue weighted by Crippen LogP contribution is 2.44. The van der Waals surface area contributed by atoms with Gasteiger partial charge in [-0.2, -0.15) is 0 Å². The van der Waals surface area contributed by atoms with E-state index in [0.29, 0.717) is 0 Å². The zero-order chi connectivity index (χ0) is 20.6. The lowest BCUT2D eigenvalue weighted by Gasteiger charge is -2.09. The number of fused-ring (bicyclic) bond motifs is 7. The maximum atomic E-state index is 3.69. The van der Waals surface area contributed by atoms with Crippen molar-refractivity contribution in [3.63, 3.8) is 0 Å². The molecule has 6 rings (SSSR count). The highest BCUT2D eigenvalue weighted by Gasteiger charge is 2.21. The first-order valence-electron chi connectivity index (χ1n) is 9.88. The topological polar surface area (TPSA) is 9.86 Å². The smallest absolute Gasteiger partial charge is 0.0596 e. The van der Waals surface area contributed by atoms with Gasteiger partial charge in [-0.15, -0.1) is 0 Å². The van der Waals surface area contributed by atoms with E-state index in [0.717, 1.165) is 8.95 Å². The molecule has 0 aliphatic rings. The van der Waals surface area contributed by atoms with Crippen LogP contribution in [0.15, 0.2) is 81.7 Å². The summed E-state index contributed by atoms with van der Waals surface area (Å²) >= 11 is 7.37. The Morgan fingerprint density at radius 3 is 1.87 bits per heavy atom. The van der Waals surface area contributed by atoms with Gasteiger partial charge in [0.05, 0.1) is 11.0 Å². The third-order valence-corrected chi connectivity index (χ3v) is 7.23. The Morgan fingerprint density at radius 2 is 1.20 bits per heavy atom. The number of hydrogen-bond acceptors (Lipinski definition) is 0. The van der Waals surface area contributed by atoms with Gasteiger partial charge in [0.1, 0.15) is 0 Å². The van der Waals surface area contributed by atoms with Crippen molar-refractivity contribution in [3.8, 4) is 11.1 Å². The lowest BCUT2D eigenvalue weighted by Crippen LogP contribution is -1.91. The largest absolute Gasteiger partial charge is 0.344 e. The first-order chi connectivity index (χ1) is 14.5. The van der Waals surface area contributed by atoms with Crippen molar-refractivity contribution in [1.82, 2.24) is 9.13 Å². The Bertz CT molecular complexity index is 1620. The van der Waals surface area contributed by atoms with Crippen LogP contribution in [-0.2, 0) is 14.1 Å². The second-order valence-electron chi connectivity index (χ2n) is 7.85. The molecule has 4 heteroatoms. The van der Waals surface area contributed by atoms with E-state index < -0.39 is 0 Å². The van der Waals surface area contributed by atoms with Crippen LogP contribution < -0.4 is 0 Å². The molecule has 6 aromatic rings. The molecule has 0 aliphatic heterocycles. The number of aryl methyl sites for hydroxylation is 2. The van der Waals surface area contributed by atoms with Crippen LogP contribution in [0, 0.1) is 0 Å². The maximum Gasteiger partial charge on any atom is 0.0596 e. The summed E-state index contributed by atoms with van der Waals surface area (Å²) in [6, 6.07) is 26.2. The van der Waals surface area contributed by atoms with Crippen molar-refractivity contribution in [2.45, 2.75) is 0 Å². The Morgan fingerprint density at radius 1 is 0.600 bits per heavy atom. The summed E-state index contributed by atoms with van der Waals surface area (Å²) < 4.78 is 6.87. The predicted molar refractivity (Wildman–Crippen MR) is 135 cm³/mol. The lowest BCUT2D eigenvalue weighted by atomic mass is 9.97. The fourth-order valence-electron chi connectivity index (χ4n) is 4.89. The molecular formula is C26H18Br2N2. The third-order valence-electron chi connectivity index (χ3n) is 6.24. The second kappa shape index (κ2) is 6.47. The molecule has 0 saturated heterocycles. The third kappa shape index (κ3) is 2.41. The minimum atomic E-state index is 1.10. The van der Waals surface area contributed by atoms with Crippen molar-refractivity contribution < 1.29 is 0 Å². The number of rotatable bonds is 1. The van der Waals surface area contributed by atoms with E-state index in [4.69, 9.17) is 0 Å². The van der Waals surface area contributed by atoms with Gasteiger partial charge < -0.3 is 9.13 Å². The highest BCUT2D eigenvalue weighted by atomic mass is 79.9. The Balaban J connectivity index is 1.97. The minimum Gasteiger partial charge on any atom is -0.344 e. The van der Waals surface area contributed by atoms with Crippen LogP contribution in [0.3, 0.4) is 0 Å². The van der Waals surface area contributed by atoms with Gasteiger partial charge in [0, 0.05) is 55.6 Å². The van der Waals surface area contributed by atoms with Gasteiger partial charge in [-0.1, -0.05) is 62.2 Å². The average molecular weight is 518 g/mol. The molecule has 0 aliphatic carbocycles. The monoisotopic (exact) mass is 516 g/mol. The van der Waals surface area contributed by atoms with Crippen LogP contribution in [0.5, 0.6) is 0 Å². The SMILES string of the molecule is Cn1c2ccc(Br)cc2c2c1cc(-c1ccccc1)c1c3cc(Br)ccc3n(C)c12. The van der Waals surface area contributed by atoms with E-state index in [1.165, 1.54) is 54.7 Å². The molecule has 0 saturated carbocycles. The summed E-state index contributed by atoms with van der Waals surface area (Å²) in [5, 5.41) is 5.16. The van der Waals surface area contributed by atoms with Gasteiger partial charge in [0.15, 0.2) is 0 Å². The number of hydrogen-bond donors (Lipinski definition) is 0. The molecular weight excluding hydrogens is 500 g/mol. The zero-order valence-electron chi connectivity index (χ0n) is 16.6. The summed E-state index contributed by atoms with van der Waals surface area (Å²) in [5.41, 5.74) is 7.52. The molecule has 30 heavy (non-hydrogen) atoms. The van der Waals surface area contributed by atoms with Gasteiger partial charge in [-0.05, 0) is 53.6 Å². The van der Waals surface area contributed by atoms with Crippen LogP contribution in [0.25, 0.3) is 54.7 Å². The average Bonchev–Trinajstić information content (AvgIpc) is 3.19. The molecule has 4 aromatic carbocycles. The van der Waals surface area contributed by atoms with E-state index in [1.54, 1.807) is 0 Å². The molecule has 0 spiro atoms. The van der Waals surface area contributed by atoms with E-state index in [2.05, 4.69) is 128 Å². The quantitative estimate of drug-likeness (QED) is 0.208. The van der Waals surface area contributed by atoms with Gasteiger partial charge in [0.25, 0.3) is 0 Å². The van der Waals surface area contributed by atoms with E-state index in [1.807, 2.05) is 0 Å². The molecule has 2 aromatic heterocycles. The van der Waals surface area contributed by atoms with Crippen molar-refractivity contribution in [2.75, 3.05) is 0 Å². The maximum absolute atomic E-state index is 3.69. The second-order valence-corrected chi connectivity index (χ2v) is 9.68. The summed E-state index contributed by atoms with van der Waals surface area (Å²) in [4.78, 5) is 0. The molecule has 0 unspecified atom stereocenters. The van der Waals surface area contributed by atoms with Gasteiger partial charge >= 0.3 is 0 Å². The molecule has 146 valence electrons. The van der Waals surface area contributed by atoms with Gasteiger partial charge in [-0.3, -0.25) is 0 Å². The van der Waals surface area contributed by atoms with Crippen molar-refractivity contribution >= 4 is 75.5 Å². The van der Waals surface area contributed by atoms with Crippen LogP contribution in [0.2, 0.25) is 0 Å². The molecule has 0 bridgehead atoms. The number of aromatic nitrogens is 2. The van der Waals surface area contributed by atoms with E-state index in [-0.39, 0.29) is 0 Å². The van der Waals surface area contributed by atoms with Crippen LogP contribution in [-0.4, -0.2) is 9.13 Å². The fourth-order valence-corrected chi connectivity index (χ4v) is 5.61. The predicted octanol–water partition coefficient (Wildman–Crippen LogP) is 8.17. The Kier molecular flexibility index (Phi) is 3.93. The summed E-state index contributed by atoms with van der Waals surface area (Å²) in [6.45, 7) is 0. The summed E-state index contributed by atoms with van der Waals surface area (Å²) in [7, 11) is 4.35. The molecule has 0 radical (unpaired) electrons. The van der Waals surface area contributed by atoms with Crippen LogP contribution >= 0.6 is 31.9 Å². The minimum absolute atomic E-state index is 1.10. The van der Waals surface area contributed by atoms with Gasteiger partial charge in [0.2, 0.25) is 0 Å². The molecule has 2 heterocycles. The Hall–Kier alpha value is -2.56. The molecule has 0 amide bonds. The summed E-state index contributed by atoms with van der Waals surface area (Å²) in [5.74, 6) is 0. The molecule has 2 nitrogen and oxygen atoms in total. The normalized spacial score (nSPS) is 12.0. The zero-order valence-corrected chi connectivity index (χ0v) is 19.8. The van der Waals surface area contributed by atoms with Crippen LogP contribution in [0.4, 0.5) is 0 Å². The van der Waals surface area contributed by atoms with Gasteiger partial charge in [-0.25, -0.2) is 0 Å². The lowest BCUT2D eigenvalue weighted by molar-refractivity contribution is 1.01. The van der Waals surface area contributed by atoms with Crippen molar-refractivity contribution in [2.24, 2.45) is 14.1 Å². The van der Waals surface area contributed by atoms with Crippen molar-refractivity contribution in [1.29, 1.82) is 0 Å². The number of halogens is 2. The van der Waals surface area contributed by atoms with E-state index >= 15 is 0 Å². The molecule has 0 atom stereocenters. The highest BCUT2D eigenvalue weighted by molar-refractivity contribution is 9.10.